The molecule has 0 radical (unpaired) electrons. The van der Waals surface area contributed by atoms with E-state index in [-0.39, 0.29) is 0 Å². The topological polar surface area (TPSA) is 69.5 Å². The zero-order valence-corrected chi connectivity index (χ0v) is 10.6. The summed E-state index contributed by atoms with van der Waals surface area (Å²) in [6.45, 7) is 0. The SMILES string of the molecule is N#Cc1ccnc2[nH]c(S(=O)c3ccccc3)cc12. The average Bonchev–Trinajstić information content (AvgIpc) is 2.91. The summed E-state index contributed by atoms with van der Waals surface area (Å²) in [5, 5.41) is 10.3. The molecule has 3 rings (SSSR count). The summed E-state index contributed by atoms with van der Waals surface area (Å²) < 4.78 is 12.4. The summed E-state index contributed by atoms with van der Waals surface area (Å²) >= 11 is 0. The van der Waals surface area contributed by atoms with Gasteiger partial charge in [0.1, 0.15) is 21.5 Å². The maximum absolute atomic E-state index is 12.4. The number of hydrogen-bond acceptors (Lipinski definition) is 3. The lowest BCUT2D eigenvalue weighted by Gasteiger charge is -1.97. The Bertz CT molecular complexity index is 802. The highest BCUT2D eigenvalue weighted by Gasteiger charge is 2.12. The van der Waals surface area contributed by atoms with Crippen molar-refractivity contribution in [2.75, 3.05) is 0 Å². The molecule has 0 saturated carbocycles. The Morgan fingerprint density at radius 3 is 2.74 bits per heavy atom. The quantitative estimate of drug-likeness (QED) is 0.776. The van der Waals surface area contributed by atoms with Crippen molar-refractivity contribution in [1.29, 1.82) is 5.26 Å². The Morgan fingerprint density at radius 1 is 1.21 bits per heavy atom. The second kappa shape index (κ2) is 4.67. The van der Waals surface area contributed by atoms with E-state index in [4.69, 9.17) is 5.26 Å². The summed E-state index contributed by atoms with van der Waals surface area (Å²) in [4.78, 5) is 7.87. The first-order valence-corrected chi connectivity index (χ1v) is 6.79. The van der Waals surface area contributed by atoms with E-state index < -0.39 is 10.8 Å². The summed E-state index contributed by atoms with van der Waals surface area (Å²) in [6.07, 6.45) is 1.56. The molecular formula is C14H9N3OS. The van der Waals surface area contributed by atoms with Gasteiger partial charge in [0.15, 0.2) is 0 Å². The molecule has 4 nitrogen and oxygen atoms in total. The molecule has 0 amide bonds. The molecule has 2 heterocycles. The number of fused-ring (bicyclic) bond motifs is 1. The van der Waals surface area contributed by atoms with E-state index in [0.29, 0.717) is 26.5 Å². The van der Waals surface area contributed by atoms with Crippen LogP contribution in [0.1, 0.15) is 5.56 Å². The van der Waals surface area contributed by atoms with Gasteiger partial charge >= 0.3 is 0 Å². The number of rotatable bonds is 2. The Morgan fingerprint density at radius 2 is 2.00 bits per heavy atom. The minimum Gasteiger partial charge on any atom is -0.332 e. The van der Waals surface area contributed by atoms with Crippen LogP contribution >= 0.6 is 0 Å². The molecule has 92 valence electrons. The summed E-state index contributed by atoms with van der Waals surface area (Å²) in [6, 6.07) is 14.6. The normalized spacial score (nSPS) is 12.2. The van der Waals surface area contributed by atoms with Gasteiger partial charge in [-0.15, -0.1) is 0 Å². The highest BCUT2D eigenvalue weighted by Crippen LogP contribution is 2.22. The van der Waals surface area contributed by atoms with Crippen LogP contribution in [0.2, 0.25) is 0 Å². The molecule has 19 heavy (non-hydrogen) atoms. The molecule has 2 aromatic heterocycles. The molecule has 1 atom stereocenters. The number of aromatic amines is 1. The molecule has 0 saturated heterocycles. The van der Waals surface area contributed by atoms with Crippen molar-refractivity contribution in [3.05, 3.63) is 54.2 Å². The number of benzene rings is 1. The number of nitrogens with zero attached hydrogens (tertiary/aromatic N) is 2. The van der Waals surface area contributed by atoms with Gasteiger partial charge in [0.25, 0.3) is 0 Å². The maximum Gasteiger partial charge on any atom is 0.139 e. The zero-order valence-electron chi connectivity index (χ0n) is 9.83. The van der Waals surface area contributed by atoms with Gasteiger partial charge in [0, 0.05) is 16.5 Å². The van der Waals surface area contributed by atoms with Gasteiger partial charge in [0.2, 0.25) is 0 Å². The Hall–Kier alpha value is -2.45. The molecule has 0 aliphatic heterocycles. The van der Waals surface area contributed by atoms with Gasteiger partial charge in [-0.25, -0.2) is 9.19 Å². The van der Waals surface area contributed by atoms with Crippen LogP contribution in [-0.2, 0) is 10.8 Å². The number of pyridine rings is 1. The Labute approximate surface area is 112 Å². The zero-order chi connectivity index (χ0) is 13.2. The second-order valence-electron chi connectivity index (χ2n) is 3.95. The third-order valence-corrected chi connectivity index (χ3v) is 4.10. The van der Waals surface area contributed by atoms with Gasteiger partial charge in [-0.2, -0.15) is 5.26 Å². The first-order valence-electron chi connectivity index (χ1n) is 5.64. The van der Waals surface area contributed by atoms with Gasteiger partial charge < -0.3 is 4.98 Å². The van der Waals surface area contributed by atoms with Crippen molar-refractivity contribution in [2.24, 2.45) is 0 Å². The van der Waals surface area contributed by atoms with Gasteiger partial charge in [-0.3, -0.25) is 0 Å². The molecule has 0 spiro atoms. The van der Waals surface area contributed by atoms with E-state index in [9.17, 15) is 4.21 Å². The molecule has 1 N–H and O–H groups in total. The number of nitriles is 1. The van der Waals surface area contributed by atoms with E-state index in [1.165, 1.54) is 0 Å². The van der Waals surface area contributed by atoms with Crippen molar-refractivity contribution >= 4 is 21.8 Å². The fourth-order valence-electron chi connectivity index (χ4n) is 1.87. The number of hydrogen-bond donors (Lipinski definition) is 1. The minimum absolute atomic E-state index is 0.526. The van der Waals surface area contributed by atoms with Crippen molar-refractivity contribution in [3.8, 4) is 6.07 Å². The minimum atomic E-state index is -1.29. The second-order valence-corrected chi connectivity index (χ2v) is 5.40. The summed E-state index contributed by atoms with van der Waals surface area (Å²) in [7, 11) is -1.29. The van der Waals surface area contributed by atoms with Crippen LogP contribution in [-0.4, -0.2) is 14.2 Å². The fraction of sp³-hybridized carbons (Fsp3) is 0. The van der Waals surface area contributed by atoms with Crippen LogP contribution in [0.5, 0.6) is 0 Å². The van der Waals surface area contributed by atoms with E-state index in [1.807, 2.05) is 18.2 Å². The highest BCUT2D eigenvalue weighted by molar-refractivity contribution is 7.85. The third-order valence-electron chi connectivity index (χ3n) is 2.78. The van der Waals surface area contributed by atoms with Crippen LogP contribution in [0, 0.1) is 11.3 Å². The molecule has 0 aliphatic rings. The molecule has 0 fully saturated rings. The summed E-state index contributed by atoms with van der Waals surface area (Å²) in [5.41, 5.74) is 1.11. The lowest BCUT2D eigenvalue weighted by molar-refractivity contribution is 0.681. The van der Waals surface area contributed by atoms with Crippen LogP contribution < -0.4 is 0 Å². The van der Waals surface area contributed by atoms with Crippen molar-refractivity contribution < 1.29 is 4.21 Å². The summed E-state index contributed by atoms with van der Waals surface area (Å²) in [5.74, 6) is 0. The smallest absolute Gasteiger partial charge is 0.139 e. The molecule has 5 heteroatoms. The van der Waals surface area contributed by atoms with Gasteiger partial charge in [-0.1, -0.05) is 18.2 Å². The van der Waals surface area contributed by atoms with E-state index in [2.05, 4.69) is 16.0 Å². The predicted octanol–water partition coefficient (Wildman–Crippen LogP) is 2.60. The molecule has 1 aromatic carbocycles. The monoisotopic (exact) mass is 267 g/mol. The molecule has 3 aromatic rings. The predicted molar refractivity (Wildman–Crippen MR) is 71.9 cm³/mol. The van der Waals surface area contributed by atoms with Crippen molar-refractivity contribution in [3.63, 3.8) is 0 Å². The Balaban J connectivity index is 2.13. The van der Waals surface area contributed by atoms with Gasteiger partial charge in [0.05, 0.1) is 11.6 Å². The number of aromatic nitrogens is 2. The first-order chi connectivity index (χ1) is 9.29. The standard InChI is InChI=1S/C14H9N3OS/c15-9-10-6-7-16-14-12(10)8-13(17-14)19(18)11-4-2-1-3-5-11/h1-8H,(H,16,17). The molecule has 1 unspecified atom stereocenters. The lowest BCUT2D eigenvalue weighted by atomic mass is 10.2. The van der Waals surface area contributed by atoms with Crippen LogP contribution in [0.15, 0.2) is 58.6 Å². The van der Waals surface area contributed by atoms with E-state index >= 15 is 0 Å². The highest BCUT2D eigenvalue weighted by atomic mass is 32.2. The van der Waals surface area contributed by atoms with Crippen LogP contribution in [0.3, 0.4) is 0 Å². The molecule has 0 bridgehead atoms. The fourth-order valence-corrected chi connectivity index (χ4v) is 2.94. The van der Waals surface area contributed by atoms with Crippen LogP contribution in [0.4, 0.5) is 0 Å². The van der Waals surface area contributed by atoms with Crippen molar-refractivity contribution in [2.45, 2.75) is 9.92 Å². The largest absolute Gasteiger partial charge is 0.332 e. The first kappa shape index (κ1) is 11.6. The lowest BCUT2D eigenvalue weighted by Crippen LogP contribution is -1.92. The molecular weight excluding hydrogens is 258 g/mol. The van der Waals surface area contributed by atoms with Crippen LogP contribution in [0.25, 0.3) is 11.0 Å². The van der Waals surface area contributed by atoms with E-state index in [0.717, 1.165) is 0 Å². The maximum atomic E-state index is 12.4. The third kappa shape index (κ3) is 2.02. The van der Waals surface area contributed by atoms with Gasteiger partial charge in [-0.05, 0) is 24.3 Å². The van der Waals surface area contributed by atoms with Crippen molar-refractivity contribution in [1.82, 2.24) is 9.97 Å². The number of nitrogens with one attached hydrogen (secondary N) is 1. The van der Waals surface area contributed by atoms with E-state index in [1.54, 1.807) is 30.5 Å². The Kier molecular flexibility index (Phi) is 2.86. The molecule has 0 aliphatic carbocycles. The average molecular weight is 267 g/mol. The number of H-pyrrole nitrogens is 1.